The number of halogens is 1. The quantitative estimate of drug-likeness (QED) is 0.812. The lowest BCUT2D eigenvalue weighted by Crippen LogP contribution is -2.38. The van der Waals surface area contributed by atoms with Crippen LogP contribution >= 0.6 is 12.4 Å². The third kappa shape index (κ3) is 3.71. The second-order valence-corrected chi connectivity index (χ2v) is 7.50. The Morgan fingerprint density at radius 1 is 1.35 bits per heavy atom. The maximum atomic E-state index is 12.7. The van der Waals surface area contributed by atoms with Gasteiger partial charge in [-0.15, -0.1) is 12.4 Å². The third-order valence-electron chi connectivity index (χ3n) is 4.14. The van der Waals surface area contributed by atoms with E-state index in [1.165, 1.54) is 16.4 Å². The fraction of sp³-hybridized carbons (Fsp3) is 0.643. The smallest absolute Gasteiger partial charge is 0.374 e. The van der Waals surface area contributed by atoms with E-state index in [-0.39, 0.29) is 35.9 Å². The highest BCUT2D eigenvalue weighted by molar-refractivity contribution is 7.89. The molecule has 9 heteroatoms. The van der Waals surface area contributed by atoms with Gasteiger partial charge < -0.3 is 14.5 Å². The first-order chi connectivity index (χ1) is 10.5. The monoisotopic (exact) mass is 364 g/mol. The van der Waals surface area contributed by atoms with Crippen LogP contribution in [0.5, 0.6) is 0 Å². The normalized spacial score (nSPS) is 24.7. The molecule has 130 valence electrons. The molecule has 2 bridgehead atoms. The number of sulfonamides is 1. The van der Waals surface area contributed by atoms with E-state index in [0.29, 0.717) is 19.1 Å². The lowest BCUT2D eigenvalue weighted by Gasteiger charge is -2.22. The van der Waals surface area contributed by atoms with Crippen LogP contribution < -0.4 is 5.32 Å². The zero-order valence-electron chi connectivity index (χ0n) is 12.9. The largest absolute Gasteiger partial charge is 0.460 e. The summed E-state index contributed by atoms with van der Waals surface area (Å²) in [4.78, 5) is 11.6. The number of carbonyl (C=O) groups is 1. The van der Waals surface area contributed by atoms with E-state index in [1.54, 1.807) is 6.92 Å². The first-order valence-corrected chi connectivity index (χ1v) is 8.98. The summed E-state index contributed by atoms with van der Waals surface area (Å²) in [5.41, 5.74) is 0. The number of nitrogens with one attached hydrogen (secondary N) is 1. The molecule has 2 aliphatic rings. The second kappa shape index (κ2) is 7.21. The van der Waals surface area contributed by atoms with Crippen LogP contribution in [0.4, 0.5) is 0 Å². The molecular weight excluding hydrogens is 344 g/mol. The van der Waals surface area contributed by atoms with Crippen molar-refractivity contribution in [3.63, 3.8) is 0 Å². The predicted octanol–water partition coefficient (Wildman–Crippen LogP) is 1.39. The molecule has 2 aliphatic heterocycles. The van der Waals surface area contributed by atoms with Gasteiger partial charge in [0.05, 0.1) is 6.61 Å². The molecular formula is C14H21ClN2O5S. The van der Waals surface area contributed by atoms with Gasteiger partial charge in [0.1, 0.15) is 0 Å². The van der Waals surface area contributed by atoms with Crippen LogP contribution in [0.25, 0.3) is 0 Å². The minimum Gasteiger partial charge on any atom is -0.460 e. The molecule has 3 heterocycles. The Bertz CT molecular complexity index is 660. The summed E-state index contributed by atoms with van der Waals surface area (Å²) in [6.45, 7) is 2.79. The number of nitrogens with zero attached hydrogens (tertiary/aromatic N) is 1. The number of hydrogen-bond donors (Lipinski definition) is 1. The average molecular weight is 365 g/mol. The van der Waals surface area contributed by atoms with Gasteiger partial charge in [-0.2, -0.15) is 4.31 Å². The summed E-state index contributed by atoms with van der Waals surface area (Å²) in [7, 11) is -3.72. The second-order valence-electron chi connectivity index (χ2n) is 5.63. The summed E-state index contributed by atoms with van der Waals surface area (Å²) in [6.07, 6.45) is 2.89. The molecule has 2 fully saturated rings. The minimum atomic E-state index is -3.72. The van der Waals surface area contributed by atoms with E-state index >= 15 is 0 Å². The average Bonchev–Trinajstić information content (AvgIpc) is 3.06. The topological polar surface area (TPSA) is 88.9 Å². The standard InChI is InChI=1S/C14H20N2O5S.ClH/c1-2-20-14(17)12-5-6-13(21-12)22(18,19)16-8-7-10-3-4-11(9-16)15-10;/h5-6,10-11,15H,2-4,7-9H2,1H3;1H. The summed E-state index contributed by atoms with van der Waals surface area (Å²) in [5, 5.41) is 3.24. The Balaban J connectivity index is 0.00000192. The van der Waals surface area contributed by atoms with Crippen molar-refractivity contribution in [3.05, 3.63) is 17.9 Å². The van der Waals surface area contributed by atoms with E-state index in [4.69, 9.17) is 9.15 Å². The fourth-order valence-electron chi connectivity index (χ4n) is 3.03. The van der Waals surface area contributed by atoms with E-state index in [2.05, 4.69) is 5.32 Å². The molecule has 2 unspecified atom stereocenters. The van der Waals surface area contributed by atoms with E-state index in [0.717, 1.165) is 19.3 Å². The van der Waals surface area contributed by atoms with Gasteiger partial charge in [-0.05, 0) is 38.3 Å². The van der Waals surface area contributed by atoms with Crippen LogP contribution in [0.3, 0.4) is 0 Å². The fourth-order valence-corrected chi connectivity index (χ4v) is 4.44. The van der Waals surface area contributed by atoms with Crippen molar-refractivity contribution in [2.75, 3.05) is 19.7 Å². The first kappa shape index (κ1) is 18.3. The Morgan fingerprint density at radius 3 is 2.83 bits per heavy atom. The minimum absolute atomic E-state index is 0. The van der Waals surface area contributed by atoms with Crippen molar-refractivity contribution in [2.24, 2.45) is 0 Å². The number of esters is 1. The number of furan rings is 1. The van der Waals surface area contributed by atoms with Crippen LogP contribution in [0.15, 0.2) is 21.6 Å². The van der Waals surface area contributed by atoms with Crippen LogP contribution in [0.1, 0.15) is 36.7 Å². The molecule has 0 aliphatic carbocycles. The number of ether oxygens (including phenoxy) is 1. The molecule has 0 saturated carbocycles. The van der Waals surface area contributed by atoms with Crippen molar-refractivity contribution in [1.82, 2.24) is 9.62 Å². The van der Waals surface area contributed by atoms with Gasteiger partial charge in [-0.25, -0.2) is 13.2 Å². The molecule has 1 aromatic rings. The van der Waals surface area contributed by atoms with E-state index < -0.39 is 16.0 Å². The third-order valence-corrected chi connectivity index (χ3v) is 5.88. The molecule has 7 nitrogen and oxygen atoms in total. The lowest BCUT2D eigenvalue weighted by atomic mass is 10.1. The summed E-state index contributed by atoms with van der Waals surface area (Å²) < 4.78 is 36.8. The lowest BCUT2D eigenvalue weighted by molar-refractivity contribution is 0.0483. The number of carbonyl (C=O) groups excluding carboxylic acids is 1. The number of fused-ring (bicyclic) bond motifs is 2. The van der Waals surface area contributed by atoms with Crippen LogP contribution in [-0.2, 0) is 14.8 Å². The highest BCUT2D eigenvalue weighted by Crippen LogP contribution is 2.26. The highest BCUT2D eigenvalue weighted by Gasteiger charge is 2.36. The maximum Gasteiger partial charge on any atom is 0.374 e. The van der Waals surface area contributed by atoms with E-state index in [1.807, 2.05) is 0 Å². The van der Waals surface area contributed by atoms with Gasteiger partial charge in [0, 0.05) is 25.2 Å². The SMILES string of the molecule is CCOC(=O)c1ccc(S(=O)(=O)N2CCC3CCC(C2)N3)o1.Cl. The van der Waals surface area contributed by atoms with Crippen molar-refractivity contribution >= 4 is 28.4 Å². The summed E-state index contributed by atoms with van der Waals surface area (Å²) in [5.74, 6) is -0.740. The maximum absolute atomic E-state index is 12.7. The predicted molar refractivity (Wildman–Crippen MR) is 85.2 cm³/mol. The Morgan fingerprint density at radius 2 is 2.09 bits per heavy atom. The highest BCUT2D eigenvalue weighted by atomic mass is 35.5. The van der Waals surface area contributed by atoms with Crippen molar-refractivity contribution in [2.45, 2.75) is 43.4 Å². The molecule has 2 saturated heterocycles. The molecule has 23 heavy (non-hydrogen) atoms. The molecule has 0 amide bonds. The molecule has 3 rings (SSSR count). The number of rotatable bonds is 4. The van der Waals surface area contributed by atoms with Gasteiger partial charge in [-0.3, -0.25) is 0 Å². The molecule has 2 atom stereocenters. The molecule has 1 aromatic heterocycles. The number of hydrogen-bond acceptors (Lipinski definition) is 6. The van der Waals surface area contributed by atoms with Gasteiger partial charge in [0.2, 0.25) is 10.9 Å². The molecule has 0 aromatic carbocycles. The summed E-state index contributed by atoms with van der Waals surface area (Å²) in [6, 6.07) is 3.25. The van der Waals surface area contributed by atoms with Gasteiger partial charge in [0.25, 0.3) is 10.0 Å². The van der Waals surface area contributed by atoms with Crippen molar-refractivity contribution in [1.29, 1.82) is 0 Å². The van der Waals surface area contributed by atoms with Crippen molar-refractivity contribution in [3.8, 4) is 0 Å². The van der Waals surface area contributed by atoms with Crippen LogP contribution in [0.2, 0.25) is 0 Å². The molecule has 0 radical (unpaired) electrons. The zero-order chi connectivity index (χ0) is 15.7. The Kier molecular flexibility index (Phi) is 5.72. The summed E-state index contributed by atoms with van der Waals surface area (Å²) >= 11 is 0. The van der Waals surface area contributed by atoms with Crippen molar-refractivity contribution < 1.29 is 22.4 Å². The molecule has 0 spiro atoms. The van der Waals surface area contributed by atoms with Gasteiger partial charge in [0.15, 0.2) is 0 Å². The van der Waals surface area contributed by atoms with E-state index in [9.17, 15) is 13.2 Å². The Hall–Kier alpha value is -1.09. The first-order valence-electron chi connectivity index (χ1n) is 7.54. The zero-order valence-corrected chi connectivity index (χ0v) is 14.5. The van der Waals surface area contributed by atoms with Crippen LogP contribution in [0, 0.1) is 0 Å². The molecule has 1 N–H and O–H groups in total. The van der Waals surface area contributed by atoms with Gasteiger partial charge in [-0.1, -0.05) is 0 Å². The van der Waals surface area contributed by atoms with Crippen LogP contribution in [-0.4, -0.2) is 50.5 Å². The van der Waals surface area contributed by atoms with Gasteiger partial charge >= 0.3 is 5.97 Å². The Labute approximate surface area is 141 Å².